The standard InChI is InChI=1S/C10H14O4S/c1-8(7-15(12,13)14)5-9-3-2-4-10(11)6-9/h2-4,6,8,11H,5,7H2,1H3,(H,12,13,14). The van der Waals surface area contributed by atoms with Crippen LogP contribution in [0.25, 0.3) is 0 Å². The maximum absolute atomic E-state index is 10.6. The number of aromatic hydroxyl groups is 1. The molecule has 0 fully saturated rings. The second kappa shape index (κ2) is 4.63. The van der Waals surface area contributed by atoms with Gasteiger partial charge in [-0.15, -0.1) is 0 Å². The minimum absolute atomic E-state index is 0.159. The first-order chi connectivity index (χ1) is 6.87. The lowest BCUT2D eigenvalue weighted by Gasteiger charge is -2.09. The van der Waals surface area contributed by atoms with Crippen molar-refractivity contribution < 1.29 is 18.1 Å². The lowest BCUT2D eigenvalue weighted by Crippen LogP contribution is -2.14. The van der Waals surface area contributed by atoms with E-state index in [1.165, 1.54) is 0 Å². The summed E-state index contributed by atoms with van der Waals surface area (Å²) in [5.41, 5.74) is 0.853. The van der Waals surface area contributed by atoms with Gasteiger partial charge in [-0.3, -0.25) is 4.55 Å². The molecule has 0 radical (unpaired) electrons. The van der Waals surface area contributed by atoms with E-state index < -0.39 is 10.1 Å². The Morgan fingerprint density at radius 1 is 1.40 bits per heavy atom. The highest BCUT2D eigenvalue weighted by molar-refractivity contribution is 7.85. The Bertz CT molecular complexity index is 425. The first-order valence-corrected chi connectivity index (χ1v) is 6.21. The summed E-state index contributed by atoms with van der Waals surface area (Å²) in [6, 6.07) is 6.64. The van der Waals surface area contributed by atoms with E-state index >= 15 is 0 Å². The van der Waals surface area contributed by atoms with E-state index in [0.29, 0.717) is 6.42 Å². The van der Waals surface area contributed by atoms with Gasteiger partial charge in [-0.2, -0.15) is 8.42 Å². The van der Waals surface area contributed by atoms with Gasteiger partial charge in [0.1, 0.15) is 5.75 Å². The fourth-order valence-electron chi connectivity index (χ4n) is 1.50. The van der Waals surface area contributed by atoms with Crippen molar-refractivity contribution in [1.82, 2.24) is 0 Å². The van der Waals surface area contributed by atoms with Gasteiger partial charge in [0.25, 0.3) is 10.1 Å². The molecule has 0 aliphatic rings. The molecule has 1 unspecified atom stereocenters. The van der Waals surface area contributed by atoms with Gasteiger partial charge in [0.05, 0.1) is 5.75 Å². The van der Waals surface area contributed by atoms with Crippen LogP contribution in [0.3, 0.4) is 0 Å². The molecule has 0 saturated heterocycles. The molecule has 4 nitrogen and oxygen atoms in total. The second-order valence-corrected chi connectivity index (χ2v) is 5.22. The van der Waals surface area contributed by atoms with Crippen molar-refractivity contribution in [3.8, 4) is 5.75 Å². The maximum Gasteiger partial charge on any atom is 0.265 e. The smallest absolute Gasteiger partial charge is 0.265 e. The number of hydrogen-bond donors (Lipinski definition) is 2. The number of rotatable bonds is 4. The van der Waals surface area contributed by atoms with Crippen LogP contribution >= 0.6 is 0 Å². The summed E-state index contributed by atoms with van der Waals surface area (Å²) < 4.78 is 29.9. The predicted octanol–water partition coefficient (Wildman–Crippen LogP) is 1.46. The number of hydrogen-bond acceptors (Lipinski definition) is 3. The van der Waals surface area contributed by atoms with Crippen LogP contribution in [0.4, 0.5) is 0 Å². The Morgan fingerprint density at radius 3 is 2.60 bits per heavy atom. The molecule has 1 atom stereocenters. The van der Waals surface area contributed by atoms with Gasteiger partial charge in [-0.05, 0) is 30.0 Å². The summed E-state index contributed by atoms with van der Waals surface area (Å²) in [6.45, 7) is 1.73. The third-order valence-corrected chi connectivity index (χ3v) is 2.98. The molecular weight excluding hydrogens is 216 g/mol. The molecule has 5 heteroatoms. The quantitative estimate of drug-likeness (QED) is 0.768. The van der Waals surface area contributed by atoms with E-state index in [1.54, 1.807) is 31.2 Å². The molecule has 0 amide bonds. The van der Waals surface area contributed by atoms with Crippen molar-refractivity contribution >= 4 is 10.1 Å². The molecule has 0 saturated carbocycles. The Morgan fingerprint density at radius 2 is 2.07 bits per heavy atom. The van der Waals surface area contributed by atoms with Crippen molar-refractivity contribution in [3.05, 3.63) is 29.8 Å². The zero-order valence-electron chi connectivity index (χ0n) is 8.42. The average Bonchev–Trinajstić information content (AvgIpc) is 1.99. The summed E-state index contributed by atoms with van der Waals surface area (Å²) >= 11 is 0. The first kappa shape index (κ1) is 12.0. The van der Waals surface area contributed by atoms with Gasteiger partial charge in [-0.25, -0.2) is 0 Å². The van der Waals surface area contributed by atoms with Crippen molar-refractivity contribution in [3.63, 3.8) is 0 Å². The highest BCUT2D eigenvalue weighted by atomic mass is 32.2. The van der Waals surface area contributed by atoms with E-state index in [-0.39, 0.29) is 17.4 Å². The van der Waals surface area contributed by atoms with Crippen molar-refractivity contribution in [2.75, 3.05) is 5.75 Å². The Balaban J connectivity index is 2.63. The van der Waals surface area contributed by atoms with Gasteiger partial charge in [-0.1, -0.05) is 19.1 Å². The van der Waals surface area contributed by atoms with Crippen molar-refractivity contribution in [2.24, 2.45) is 5.92 Å². The molecule has 0 aliphatic heterocycles. The van der Waals surface area contributed by atoms with Crippen LogP contribution in [0.15, 0.2) is 24.3 Å². The lowest BCUT2D eigenvalue weighted by atomic mass is 10.0. The summed E-state index contributed by atoms with van der Waals surface area (Å²) in [6.07, 6.45) is 0.508. The zero-order chi connectivity index (χ0) is 11.5. The monoisotopic (exact) mass is 230 g/mol. The summed E-state index contributed by atoms with van der Waals surface area (Å²) in [4.78, 5) is 0. The lowest BCUT2D eigenvalue weighted by molar-refractivity contribution is 0.467. The normalized spacial score (nSPS) is 13.7. The van der Waals surface area contributed by atoms with E-state index in [4.69, 9.17) is 4.55 Å². The van der Waals surface area contributed by atoms with Gasteiger partial charge >= 0.3 is 0 Å². The molecular formula is C10H14O4S. The fraction of sp³-hybridized carbons (Fsp3) is 0.400. The molecule has 1 aromatic rings. The van der Waals surface area contributed by atoms with Crippen LogP contribution in [0.5, 0.6) is 5.75 Å². The summed E-state index contributed by atoms with van der Waals surface area (Å²) in [7, 11) is -3.92. The minimum Gasteiger partial charge on any atom is -0.508 e. The Kier molecular flexibility index (Phi) is 3.71. The zero-order valence-corrected chi connectivity index (χ0v) is 9.24. The predicted molar refractivity (Wildman–Crippen MR) is 57.4 cm³/mol. The third-order valence-electron chi connectivity index (χ3n) is 1.99. The van der Waals surface area contributed by atoms with Gasteiger partial charge in [0, 0.05) is 0 Å². The van der Waals surface area contributed by atoms with Crippen LogP contribution in [0.2, 0.25) is 0 Å². The maximum atomic E-state index is 10.6. The van der Waals surface area contributed by atoms with E-state index in [9.17, 15) is 13.5 Å². The average molecular weight is 230 g/mol. The molecule has 0 heterocycles. The summed E-state index contributed by atoms with van der Waals surface area (Å²) in [5.74, 6) is -0.281. The molecule has 1 aromatic carbocycles. The highest BCUT2D eigenvalue weighted by Gasteiger charge is 2.12. The van der Waals surface area contributed by atoms with E-state index in [2.05, 4.69) is 0 Å². The van der Waals surface area contributed by atoms with Crippen molar-refractivity contribution in [2.45, 2.75) is 13.3 Å². The van der Waals surface area contributed by atoms with Crippen LogP contribution in [0, 0.1) is 5.92 Å². The molecule has 0 spiro atoms. The molecule has 84 valence electrons. The van der Waals surface area contributed by atoms with Crippen LogP contribution in [0.1, 0.15) is 12.5 Å². The van der Waals surface area contributed by atoms with Gasteiger partial charge in [0.2, 0.25) is 0 Å². The molecule has 15 heavy (non-hydrogen) atoms. The van der Waals surface area contributed by atoms with E-state index in [0.717, 1.165) is 5.56 Å². The SMILES string of the molecule is CC(Cc1cccc(O)c1)CS(=O)(=O)O. The Hall–Kier alpha value is -1.07. The number of phenols is 1. The molecule has 2 N–H and O–H groups in total. The van der Waals surface area contributed by atoms with Gasteiger partial charge in [0.15, 0.2) is 0 Å². The van der Waals surface area contributed by atoms with Gasteiger partial charge < -0.3 is 5.11 Å². The van der Waals surface area contributed by atoms with Crippen LogP contribution < -0.4 is 0 Å². The van der Waals surface area contributed by atoms with Crippen LogP contribution in [-0.4, -0.2) is 23.8 Å². The number of benzene rings is 1. The number of phenolic OH excluding ortho intramolecular Hbond substituents is 1. The van der Waals surface area contributed by atoms with Crippen LogP contribution in [-0.2, 0) is 16.5 Å². The Labute approximate surface area is 89.3 Å². The largest absolute Gasteiger partial charge is 0.508 e. The minimum atomic E-state index is -3.92. The molecule has 0 aromatic heterocycles. The van der Waals surface area contributed by atoms with E-state index in [1.807, 2.05) is 0 Å². The molecule has 0 aliphatic carbocycles. The first-order valence-electron chi connectivity index (χ1n) is 4.60. The third kappa shape index (κ3) is 4.80. The topological polar surface area (TPSA) is 74.6 Å². The van der Waals surface area contributed by atoms with Crippen molar-refractivity contribution in [1.29, 1.82) is 0 Å². The second-order valence-electron chi connectivity index (χ2n) is 3.73. The summed E-state index contributed by atoms with van der Waals surface area (Å²) in [5, 5.41) is 9.19. The molecule has 1 rings (SSSR count). The molecule has 0 bridgehead atoms. The highest BCUT2D eigenvalue weighted by Crippen LogP contribution is 2.15. The fourth-order valence-corrected chi connectivity index (χ4v) is 2.34.